The van der Waals surface area contributed by atoms with Crippen molar-refractivity contribution in [1.29, 1.82) is 0 Å². The molecule has 1 aromatic heterocycles. The maximum Gasteiger partial charge on any atom is 0.0433 e. The topological polar surface area (TPSA) is 24.9 Å². The van der Waals surface area contributed by atoms with Crippen molar-refractivity contribution in [3.63, 3.8) is 0 Å². The third kappa shape index (κ3) is 3.29. The van der Waals surface area contributed by atoms with E-state index in [0.717, 1.165) is 18.9 Å². The van der Waals surface area contributed by atoms with Crippen LogP contribution in [0.25, 0.3) is 0 Å². The second-order valence-corrected chi connectivity index (χ2v) is 5.14. The van der Waals surface area contributed by atoms with Crippen LogP contribution in [0.2, 0.25) is 0 Å². The SMILES string of the molecule is CCCc1cc(C(C)NC2CC2)cnc1CC. The van der Waals surface area contributed by atoms with E-state index in [9.17, 15) is 0 Å². The van der Waals surface area contributed by atoms with Crippen molar-refractivity contribution < 1.29 is 0 Å². The molecule has 94 valence electrons. The molecule has 17 heavy (non-hydrogen) atoms. The number of nitrogens with zero attached hydrogens (tertiary/aromatic N) is 1. The van der Waals surface area contributed by atoms with Crippen LogP contribution in [0.3, 0.4) is 0 Å². The molecule has 1 fully saturated rings. The summed E-state index contributed by atoms with van der Waals surface area (Å²) in [5, 5.41) is 3.64. The van der Waals surface area contributed by atoms with Crippen LogP contribution >= 0.6 is 0 Å². The summed E-state index contributed by atoms with van der Waals surface area (Å²) in [6.07, 6.45) is 8.13. The fraction of sp³-hybridized carbons (Fsp3) is 0.667. The molecule has 2 heteroatoms. The molecule has 0 saturated heterocycles. The molecule has 0 bridgehead atoms. The quantitative estimate of drug-likeness (QED) is 0.813. The van der Waals surface area contributed by atoms with E-state index in [2.05, 4.69) is 43.3 Å². The van der Waals surface area contributed by atoms with Gasteiger partial charge < -0.3 is 5.32 Å². The Morgan fingerprint density at radius 2 is 2.18 bits per heavy atom. The number of aromatic nitrogens is 1. The van der Waals surface area contributed by atoms with E-state index in [1.54, 1.807) is 0 Å². The lowest BCUT2D eigenvalue weighted by Crippen LogP contribution is -2.21. The lowest BCUT2D eigenvalue weighted by Gasteiger charge is -2.16. The van der Waals surface area contributed by atoms with Crippen LogP contribution in [0.15, 0.2) is 12.3 Å². The minimum Gasteiger partial charge on any atom is -0.307 e. The average molecular weight is 232 g/mol. The highest BCUT2D eigenvalue weighted by Crippen LogP contribution is 2.24. The summed E-state index contributed by atoms with van der Waals surface area (Å²) >= 11 is 0. The first-order chi connectivity index (χ1) is 8.24. The minimum absolute atomic E-state index is 0.441. The first kappa shape index (κ1) is 12.6. The monoisotopic (exact) mass is 232 g/mol. The smallest absolute Gasteiger partial charge is 0.0433 e. The Morgan fingerprint density at radius 1 is 1.41 bits per heavy atom. The van der Waals surface area contributed by atoms with Crippen molar-refractivity contribution in [2.24, 2.45) is 0 Å². The molecule has 0 spiro atoms. The molecule has 1 aromatic rings. The third-order valence-corrected chi connectivity index (χ3v) is 3.50. The van der Waals surface area contributed by atoms with Crippen LogP contribution in [0.4, 0.5) is 0 Å². The zero-order valence-corrected chi connectivity index (χ0v) is 11.3. The molecule has 1 atom stereocenters. The van der Waals surface area contributed by atoms with E-state index in [1.165, 1.54) is 36.1 Å². The fourth-order valence-corrected chi connectivity index (χ4v) is 2.30. The molecule has 1 aliphatic rings. The Bertz CT molecular complexity index is 369. The molecule has 1 N–H and O–H groups in total. The molecule has 2 nitrogen and oxygen atoms in total. The Labute approximate surface area is 105 Å². The minimum atomic E-state index is 0.441. The number of pyridine rings is 1. The molecule has 1 saturated carbocycles. The van der Waals surface area contributed by atoms with E-state index in [1.807, 2.05) is 0 Å². The molecular formula is C15H24N2. The molecule has 1 unspecified atom stereocenters. The van der Waals surface area contributed by atoms with Gasteiger partial charge >= 0.3 is 0 Å². The van der Waals surface area contributed by atoms with Gasteiger partial charge in [0.05, 0.1) is 0 Å². The van der Waals surface area contributed by atoms with Gasteiger partial charge in [0.2, 0.25) is 0 Å². The van der Waals surface area contributed by atoms with Crippen LogP contribution < -0.4 is 5.32 Å². The van der Waals surface area contributed by atoms with E-state index >= 15 is 0 Å². The Hall–Kier alpha value is -0.890. The predicted molar refractivity (Wildman–Crippen MR) is 72.2 cm³/mol. The molecule has 1 heterocycles. The number of nitrogens with one attached hydrogen (secondary N) is 1. The maximum absolute atomic E-state index is 4.62. The Balaban J connectivity index is 2.13. The summed E-state index contributed by atoms with van der Waals surface area (Å²) in [6, 6.07) is 3.55. The normalized spacial score (nSPS) is 17.1. The van der Waals surface area contributed by atoms with Crippen LogP contribution in [0, 0.1) is 0 Å². The molecule has 0 aromatic carbocycles. The Kier molecular flexibility index (Phi) is 4.16. The highest BCUT2D eigenvalue weighted by Gasteiger charge is 2.23. The fourth-order valence-electron chi connectivity index (χ4n) is 2.30. The van der Waals surface area contributed by atoms with Crippen molar-refractivity contribution in [2.45, 2.75) is 65.0 Å². The second kappa shape index (κ2) is 5.63. The van der Waals surface area contributed by atoms with Gasteiger partial charge in [-0.1, -0.05) is 26.3 Å². The highest BCUT2D eigenvalue weighted by atomic mass is 15.0. The van der Waals surface area contributed by atoms with Crippen LogP contribution in [0.1, 0.15) is 62.9 Å². The van der Waals surface area contributed by atoms with E-state index in [-0.39, 0.29) is 0 Å². The Morgan fingerprint density at radius 3 is 2.76 bits per heavy atom. The van der Waals surface area contributed by atoms with E-state index in [0.29, 0.717) is 6.04 Å². The first-order valence-corrected chi connectivity index (χ1v) is 6.98. The van der Waals surface area contributed by atoms with Crippen molar-refractivity contribution in [3.8, 4) is 0 Å². The summed E-state index contributed by atoms with van der Waals surface area (Å²) in [7, 11) is 0. The zero-order chi connectivity index (χ0) is 12.3. The van der Waals surface area contributed by atoms with E-state index < -0.39 is 0 Å². The molecule has 0 radical (unpaired) electrons. The van der Waals surface area contributed by atoms with Gasteiger partial charge in [-0.25, -0.2) is 0 Å². The van der Waals surface area contributed by atoms with Gasteiger partial charge in [-0.05, 0) is 43.7 Å². The maximum atomic E-state index is 4.62. The lowest BCUT2D eigenvalue weighted by atomic mass is 10.0. The van der Waals surface area contributed by atoms with Gasteiger partial charge in [-0.15, -0.1) is 0 Å². The van der Waals surface area contributed by atoms with Gasteiger partial charge in [-0.3, -0.25) is 4.98 Å². The predicted octanol–water partition coefficient (Wildman–Crippen LogP) is 3.41. The molecular weight excluding hydrogens is 208 g/mol. The summed E-state index contributed by atoms with van der Waals surface area (Å²) in [5.41, 5.74) is 4.06. The summed E-state index contributed by atoms with van der Waals surface area (Å²) in [4.78, 5) is 4.62. The van der Waals surface area contributed by atoms with Gasteiger partial charge in [-0.2, -0.15) is 0 Å². The molecule has 0 aliphatic heterocycles. The summed E-state index contributed by atoms with van der Waals surface area (Å²) in [6.45, 7) is 6.67. The average Bonchev–Trinajstić information content (AvgIpc) is 3.13. The largest absolute Gasteiger partial charge is 0.307 e. The van der Waals surface area contributed by atoms with Crippen molar-refractivity contribution in [3.05, 3.63) is 29.1 Å². The van der Waals surface area contributed by atoms with Gasteiger partial charge in [0.25, 0.3) is 0 Å². The molecule has 2 rings (SSSR count). The standard InChI is InChI=1S/C15H24N2/c1-4-6-12-9-13(10-16-15(12)5-2)11(3)17-14-7-8-14/h9-11,14,17H,4-8H2,1-3H3. The van der Waals surface area contributed by atoms with Gasteiger partial charge in [0.15, 0.2) is 0 Å². The van der Waals surface area contributed by atoms with Crippen molar-refractivity contribution in [1.82, 2.24) is 10.3 Å². The van der Waals surface area contributed by atoms with Crippen LogP contribution in [0.5, 0.6) is 0 Å². The number of hydrogen-bond acceptors (Lipinski definition) is 2. The number of rotatable bonds is 6. The number of aryl methyl sites for hydroxylation is 2. The summed E-state index contributed by atoms with van der Waals surface area (Å²) in [5.74, 6) is 0. The summed E-state index contributed by atoms with van der Waals surface area (Å²) < 4.78 is 0. The number of hydrogen-bond donors (Lipinski definition) is 1. The van der Waals surface area contributed by atoms with Crippen LogP contribution in [-0.2, 0) is 12.8 Å². The third-order valence-electron chi connectivity index (χ3n) is 3.50. The molecule has 0 amide bonds. The van der Waals surface area contributed by atoms with Crippen LogP contribution in [-0.4, -0.2) is 11.0 Å². The lowest BCUT2D eigenvalue weighted by molar-refractivity contribution is 0.568. The second-order valence-electron chi connectivity index (χ2n) is 5.14. The zero-order valence-electron chi connectivity index (χ0n) is 11.3. The van der Waals surface area contributed by atoms with Crippen molar-refractivity contribution >= 4 is 0 Å². The van der Waals surface area contributed by atoms with E-state index in [4.69, 9.17) is 0 Å². The first-order valence-electron chi connectivity index (χ1n) is 6.98. The van der Waals surface area contributed by atoms with Gasteiger partial charge in [0.1, 0.15) is 0 Å². The molecule has 1 aliphatic carbocycles. The highest BCUT2D eigenvalue weighted by molar-refractivity contribution is 5.27. The van der Waals surface area contributed by atoms with Crippen molar-refractivity contribution in [2.75, 3.05) is 0 Å². The van der Waals surface area contributed by atoms with Gasteiger partial charge in [0, 0.05) is 24.0 Å².